The highest BCUT2D eigenvalue weighted by Gasteiger charge is 2.40. The number of esters is 1. The normalized spacial score (nSPS) is 12.2. The van der Waals surface area contributed by atoms with Crippen molar-refractivity contribution in [1.82, 2.24) is 0 Å². The number of rotatable bonds is 3. The van der Waals surface area contributed by atoms with Gasteiger partial charge < -0.3 is 9.16 Å². The van der Waals surface area contributed by atoms with Crippen molar-refractivity contribution in [2.24, 2.45) is 0 Å². The van der Waals surface area contributed by atoms with Crippen LogP contribution in [0.25, 0.3) is 0 Å². The third-order valence-electron chi connectivity index (χ3n) is 3.58. The van der Waals surface area contributed by atoms with Gasteiger partial charge in [-0.3, -0.25) is 0 Å². The predicted molar refractivity (Wildman–Crippen MR) is 96.0 cm³/mol. The first-order valence-electron chi connectivity index (χ1n) is 6.26. The fourth-order valence-electron chi connectivity index (χ4n) is 1.33. The molecule has 0 unspecified atom stereocenters. The second-order valence-corrected chi connectivity index (χ2v) is 12.9. The van der Waals surface area contributed by atoms with Crippen molar-refractivity contribution in [3.63, 3.8) is 0 Å². The number of benzene rings is 1. The van der Waals surface area contributed by atoms with Gasteiger partial charge in [-0.2, -0.15) is 0 Å². The maximum Gasteiger partial charge on any atom is 0.341 e. The van der Waals surface area contributed by atoms with E-state index in [0.717, 1.165) is 8.04 Å². The highest BCUT2D eigenvalue weighted by molar-refractivity contribution is 14.1. The molecule has 0 bridgehead atoms. The summed E-state index contributed by atoms with van der Waals surface area (Å²) in [6.07, 6.45) is 0. The first-order valence-corrected chi connectivity index (χ1v) is 11.0. The van der Waals surface area contributed by atoms with Gasteiger partial charge in [0.1, 0.15) is 11.3 Å². The third kappa shape index (κ3) is 3.97. The number of hydrogen-bond acceptors (Lipinski definition) is 3. The van der Waals surface area contributed by atoms with Crippen molar-refractivity contribution in [2.75, 3.05) is 7.11 Å². The SMILES string of the molecule is COC(=O)c1cc(Br)cc(I)c1O[Si](C)(C)C(C)(C)C. The van der Waals surface area contributed by atoms with Crippen LogP contribution in [-0.2, 0) is 4.74 Å². The fraction of sp³-hybridized carbons (Fsp3) is 0.500. The first kappa shape index (κ1) is 18.0. The van der Waals surface area contributed by atoms with Crippen LogP contribution in [0.4, 0.5) is 0 Å². The van der Waals surface area contributed by atoms with E-state index in [0.29, 0.717) is 11.3 Å². The van der Waals surface area contributed by atoms with Crippen LogP contribution < -0.4 is 4.43 Å². The molecule has 0 aliphatic carbocycles. The lowest BCUT2D eigenvalue weighted by molar-refractivity contribution is 0.0598. The lowest BCUT2D eigenvalue weighted by atomic mass is 10.2. The van der Waals surface area contributed by atoms with Gasteiger partial charge in [0.25, 0.3) is 8.32 Å². The molecule has 1 aromatic carbocycles. The average Bonchev–Trinajstić information content (AvgIpc) is 2.29. The van der Waals surface area contributed by atoms with Crippen LogP contribution >= 0.6 is 38.5 Å². The molecule has 0 N–H and O–H groups in total. The minimum Gasteiger partial charge on any atom is -0.542 e. The average molecular weight is 471 g/mol. The van der Waals surface area contributed by atoms with Gasteiger partial charge in [-0.25, -0.2) is 4.79 Å². The monoisotopic (exact) mass is 470 g/mol. The van der Waals surface area contributed by atoms with Crippen molar-refractivity contribution in [3.05, 3.63) is 25.7 Å². The summed E-state index contributed by atoms with van der Waals surface area (Å²) in [6.45, 7) is 10.8. The molecular formula is C14H20BrIO3Si. The van der Waals surface area contributed by atoms with Gasteiger partial charge >= 0.3 is 5.97 Å². The zero-order valence-electron chi connectivity index (χ0n) is 12.6. The van der Waals surface area contributed by atoms with Crippen LogP contribution in [0.2, 0.25) is 18.1 Å². The zero-order chi connectivity index (χ0) is 15.7. The van der Waals surface area contributed by atoms with Crippen LogP contribution in [0, 0.1) is 3.57 Å². The molecule has 0 aromatic heterocycles. The van der Waals surface area contributed by atoms with Crippen LogP contribution in [0.3, 0.4) is 0 Å². The Morgan fingerprint density at radius 2 is 1.85 bits per heavy atom. The number of methoxy groups -OCH3 is 1. The van der Waals surface area contributed by atoms with E-state index in [1.807, 2.05) is 6.07 Å². The van der Waals surface area contributed by atoms with E-state index in [4.69, 9.17) is 9.16 Å². The molecule has 0 amide bonds. The lowest BCUT2D eigenvalue weighted by Crippen LogP contribution is -2.44. The number of halogens is 2. The van der Waals surface area contributed by atoms with Crippen LogP contribution in [-0.4, -0.2) is 21.4 Å². The highest BCUT2D eigenvalue weighted by atomic mass is 127. The summed E-state index contributed by atoms with van der Waals surface area (Å²) in [6, 6.07) is 3.69. The summed E-state index contributed by atoms with van der Waals surface area (Å²) >= 11 is 5.60. The van der Waals surface area contributed by atoms with Gasteiger partial charge in [0.15, 0.2) is 0 Å². The summed E-state index contributed by atoms with van der Waals surface area (Å²) in [5.74, 6) is 0.255. The van der Waals surface area contributed by atoms with Gasteiger partial charge in [0.2, 0.25) is 0 Å². The second kappa shape index (κ2) is 6.35. The Morgan fingerprint density at radius 3 is 2.30 bits per heavy atom. The van der Waals surface area contributed by atoms with E-state index in [-0.39, 0.29) is 11.0 Å². The molecule has 0 fully saturated rings. The molecule has 0 aliphatic heterocycles. The molecule has 6 heteroatoms. The summed E-state index contributed by atoms with van der Waals surface area (Å²) in [7, 11) is -0.631. The first-order chi connectivity index (χ1) is 8.99. The molecule has 0 radical (unpaired) electrons. The molecule has 0 spiro atoms. The number of carbonyl (C=O) groups is 1. The fourth-order valence-corrected chi connectivity index (χ4v) is 4.20. The molecule has 112 valence electrons. The van der Waals surface area contributed by atoms with E-state index < -0.39 is 8.32 Å². The van der Waals surface area contributed by atoms with E-state index in [2.05, 4.69) is 72.4 Å². The summed E-state index contributed by atoms with van der Waals surface area (Å²) in [5.41, 5.74) is 0.469. The van der Waals surface area contributed by atoms with Crippen molar-refractivity contribution < 1.29 is 14.0 Å². The minimum atomic E-state index is -2.01. The van der Waals surface area contributed by atoms with Crippen molar-refractivity contribution >= 4 is 52.8 Å². The summed E-state index contributed by atoms with van der Waals surface area (Å²) in [5, 5.41) is 0.0660. The van der Waals surface area contributed by atoms with E-state index >= 15 is 0 Å². The van der Waals surface area contributed by atoms with Gasteiger partial charge in [-0.15, -0.1) is 0 Å². The lowest BCUT2D eigenvalue weighted by Gasteiger charge is -2.37. The molecular weight excluding hydrogens is 451 g/mol. The largest absolute Gasteiger partial charge is 0.542 e. The van der Waals surface area contributed by atoms with Crippen molar-refractivity contribution in [1.29, 1.82) is 0 Å². The molecule has 3 nitrogen and oxygen atoms in total. The Kier molecular flexibility index (Phi) is 5.71. The molecule has 0 heterocycles. The van der Waals surface area contributed by atoms with Gasteiger partial charge in [-0.1, -0.05) is 36.7 Å². The van der Waals surface area contributed by atoms with Crippen LogP contribution in [0.1, 0.15) is 31.1 Å². The second-order valence-electron chi connectivity index (χ2n) is 6.12. The highest BCUT2D eigenvalue weighted by Crippen LogP contribution is 2.40. The quantitative estimate of drug-likeness (QED) is 0.345. The van der Waals surface area contributed by atoms with Crippen LogP contribution in [0.15, 0.2) is 16.6 Å². The maximum absolute atomic E-state index is 12.0. The standard InChI is InChI=1S/C14H20BrIO3Si/c1-14(2,3)20(5,6)19-12-10(13(17)18-4)7-9(15)8-11(12)16/h7-8H,1-6H3. The molecule has 0 aliphatic rings. The molecule has 20 heavy (non-hydrogen) atoms. The Labute approximate surface area is 143 Å². The smallest absolute Gasteiger partial charge is 0.341 e. The van der Waals surface area contributed by atoms with Crippen LogP contribution in [0.5, 0.6) is 5.75 Å². The number of hydrogen-bond donors (Lipinski definition) is 0. The Hall–Kier alpha value is -0.0831. The topological polar surface area (TPSA) is 35.5 Å². The molecule has 1 aromatic rings. The third-order valence-corrected chi connectivity index (χ3v) is 9.16. The van der Waals surface area contributed by atoms with Gasteiger partial charge in [0.05, 0.1) is 10.7 Å². The Bertz CT molecular complexity index is 524. The minimum absolute atomic E-state index is 0.0660. The molecule has 0 saturated carbocycles. The Balaban J connectivity index is 3.34. The van der Waals surface area contributed by atoms with E-state index in [1.165, 1.54) is 7.11 Å². The zero-order valence-corrected chi connectivity index (χ0v) is 17.4. The Morgan fingerprint density at radius 1 is 1.30 bits per heavy atom. The molecule has 0 atom stereocenters. The van der Waals surface area contributed by atoms with Gasteiger partial charge in [-0.05, 0) is 52.9 Å². The van der Waals surface area contributed by atoms with Crippen molar-refractivity contribution in [2.45, 2.75) is 38.9 Å². The number of ether oxygens (including phenoxy) is 1. The summed E-state index contributed by atoms with van der Waals surface area (Å²) in [4.78, 5) is 12.0. The predicted octanol–water partition coefficient (Wildman–Crippen LogP) is 5.22. The maximum atomic E-state index is 12.0. The molecule has 0 saturated heterocycles. The number of carbonyl (C=O) groups excluding carboxylic acids is 1. The van der Waals surface area contributed by atoms with E-state index in [1.54, 1.807) is 6.07 Å². The summed E-state index contributed by atoms with van der Waals surface area (Å²) < 4.78 is 12.9. The molecule has 1 rings (SSSR count). The van der Waals surface area contributed by atoms with Gasteiger partial charge in [0, 0.05) is 4.47 Å². The van der Waals surface area contributed by atoms with Crippen molar-refractivity contribution in [3.8, 4) is 5.75 Å². The van der Waals surface area contributed by atoms with E-state index in [9.17, 15) is 4.79 Å².